The van der Waals surface area contributed by atoms with Crippen LogP contribution in [0.5, 0.6) is 0 Å². The highest BCUT2D eigenvalue weighted by Gasteiger charge is 2.23. The minimum absolute atomic E-state index is 0.271. The summed E-state index contributed by atoms with van der Waals surface area (Å²) in [5.74, 6) is 0. The van der Waals surface area contributed by atoms with Crippen LogP contribution in [0, 0.1) is 0 Å². The molecule has 1 saturated heterocycles. The highest BCUT2D eigenvalue weighted by atomic mass is 32.1. The summed E-state index contributed by atoms with van der Waals surface area (Å²) >= 11 is 1.44. The van der Waals surface area contributed by atoms with Crippen molar-refractivity contribution in [2.24, 2.45) is 0 Å². The summed E-state index contributed by atoms with van der Waals surface area (Å²) in [4.78, 5) is 18.4. The van der Waals surface area contributed by atoms with Crippen molar-refractivity contribution in [2.75, 3.05) is 31.7 Å². The lowest BCUT2D eigenvalue weighted by atomic mass is 10.1. The lowest BCUT2D eigenvalue weighted by molar-refractivity contribution is 0.0526. The molecule has 0 spiro atoms. The number of nitrogens with zero attached hydrogens (tertiary/aromatic N) is 2. The van der Waals surface area contributed by atoms with E-state index in [0.717, 1.165) is 49.6 Å². The summed E-state index contributed by atoms with van der Waals surface area (Å²) in [5.41, 5.74) is 0.732. The third-order valence-electron chi connectivity index (χ3n) is 3.16. The zero-order valence-corrected chi connectivity index (χ0v) is 12.2. The monoisotopic (exact) mass is 284 g/mol. The minimum Gasteiger partial charge on any atom is -0.378 e. The largest absolute Gasteiger partial charge is 0.378 e. The number of anilines is 1. The maximum Gasteiger partial charge on any atom is 0.186 e. The third-order valence-corrected chi connectivity index (χ3v) is 4.24. The number of methoxy groups -OCH3 is 1. The minimum atomic E-state index is 0.271. The number of piperidine rings is 1. The van der Waals surface area contributed by atoms with Crippen molar-refractivity contribution < 1.29 is 14.3 Å². The highest BCUT2D eigenvalue weighted by Crippen LogP contribution is 2.28. The van der Waals surface area contributed by atoms with Gasteiger partial charge < -0.3 is 14.4 Å². The average Bonchev–Trinajstić information content (AvgIpc) is 2.83. The molecule has 1 aromatic heterocycles. The van der Waals surface area contributed by atoms with E-state index >= 15 is 0 Å². The van der Waals surface area contributed by atoms with Crippen LogP contribution in [-0.2, 0) is 16.1 Å². The Morgan fingerprint density at radius 1 is 1.58 bits per heavy atom. The predicted octanol–water partition coefficient (Wildman–Crippen LogP) is 2.11. The first-order chi connectivity index (χ1) is 9.28. The van der Waals surface area contributed by atoms with E-state index < -0.39 is 0 Å². The Balaban J connectivity index is 2.10. The molecule has 1 atom stereocenters. The van der Waals surface area contributed by atoms with Gasteiger partial charge in [-0.2, -0.15) is 0 Å². The zero-order chi connectivity index (χ0) is 13.7. The van der Waals surface area contributed by atoms with Gasteiger partial charge in [0, 0.05) is 26.8 Å². The van der Waals surface area contributed by atoms with Gasteiger partial charge in [-0.15, -0.1) is 0 Å². The SMILES string of the molecule is CCOC1CCCN(c2nc(COC)c(C=O)s2)C1. The van der Waals surface area contributed by atoms with Crippen molar-refractivity contribution in [2.45, 2.75) is 32.5 Å². The van der Waals surface area contributed by atoms with Crippen LogP contribution in [0.4, 0.5) is 5.13 Å². The lowest BCUT2D eigenvalue weighted by Gasteiger charge is -2.32. The number of carbonyl (C=O) groups excluding carboxylic acids is 1. The molecule has 0 radical (unpaired) electrons. The van der Waals surface area contributed by atoms with Crippen LogP contribution in [0.25, 0.3) is 0 Å². The maximum atomic E-state index is 11.0. The highest BCUT2D eigenvalue weighted by molar-refractivity contribution is 7.17. The number of thiazole rings is 1. The second-order valence-electron chi connectivity index (χ2n) is 4.52. The molecule has 1 fully saturated rings. The number of ether oxygens (including phenoxy) is 2. The summed E-state index contributed by atoms with van der Waals surface area (Å²) in [6.45, 7) is 4.97. The number of aromatic nitrogens is 1. The molecule has 19 heavy (non-hydrogen) atoms. The molecule has 5 nitrogen and oxygen atoms in total. The quantitative estimate of drug-likeness (QED) is 0.749. The molecule has 106 valence electrons. The summed E-state index contributed by atoms with van der Waals surface area (Å²) in [5, 5.41) is 0.901. The Morgan fingerprint density at radius 2 is 2.42 bits per heavy atom. The standard InChI is InChI=1S/C13H20N2O3S/c1-3-18-10-5-4-6-15(7-10)13-14-11(9-17-2)12(8-16)19-13/h8,10H,3-7,9H2,1-2H3. The van der Waals surface area contributed by atoms with Gasteiger partial charge in [-0.05, 0) is 19.8 Å². The van der Waals surface area contributed by atoms with Gasteiger partial charge in [-0.3, -0.25) is 4.79 Å². The third kappa shape index (κ3) is 3.52. The predicted molar refractivity (Wildman–Crippen MR) is 75.1 cm³/mol. The van der Waals surface area contributed by atoms with Crippen LogP contribution in [0.2, 0.25) is 0 Å². The van der Waals surface area contributed by atoms with Gasteiger partial charge in [0.25, 0.3) is 0 Å². The number of hydrogen-bond donors (Lipinski definition) is 0. The number of hydrogen-bond acceptors (Lipinski definition) is 6. The van der Waals surface area contributed by atoms with Gasteiger partial charge in [0.15, 0.2) is 11.4 Å². The maximum absolute atomic E-state index is 11.0. The molecule has 2 heterocycles. The van der Waals surface area contributed by atoms with Crippen LogP contribution in [-0.4, -0.2) is 44.2 Å². The first-order valence-electron chi connectivity index (χ1n) is 6.58. The van der Waals surface area contributed by atoms with Crippen molar-refractivity contribution in [1.82, 2.24) is 4.98 Å². The first-order valence-corrected chi connectivity index (χ1v) is 7.40. The second-order valence-corrected chi connectivity index (χ2v) is 5.53. The van der Waals surface area contributed by atoms with E-state index in [0.29, 0.717) is 11.5 Å². The molecule has 2 rings (SSSR count). The summed E-state index contributed by atoms with van der Waals surface area (Å²) in [6.07, 6.45) is 3.33. The van der Waals surface area contributed by atoms with Crippen molar-refractivity contribution >= 4 is 22.8 Å². The first kappa shape index (κ1) is 14.4. The average molecular weight is 284 g/mol. The Labute approximate surface area is 117 Å². The van der Waals surface area contributed by atoms with Crippen molar-refractivity contribution in [1.29, 1.82) is 0 Å². The van der Waals surface area contributed by atoms with E-state index in [1.54, 1.807) is 7.11 Å². The van der Waals surface area contributed by atoms with Gasteiger partial charge in [0.2, 0.25) is 0 Å². The second kappa shape index (κ2) is 6.98. The molecule has 0 amide bonds. The van der Waals surface area contributed by atoms with E-state index in [1.165, 1.54) is 11.3 Å². The molecular weight excluding hydrogens is 264 g/mol. The number of aldehydes is 1. The molecule has 0 bridgehead atoms. The van der Waals surface area contributed by atoms with Gasteiger partial charge in [0.05, 0.1) is 23.3 Å². The summed E-state index contributed by atoms with van der Waals surface area (Å²) in [6, 6.07) is 0. The Kier molecular flexibility index (Phi) is 5.30. The molecular formula is C13H20N2O3S. The van der Waals surface area contributed by atoms with E-state index in [2.05, 4.69) is 9.88 Å². The van der Waals surface area contributed by atoms with Crippen LogP contribution < -0.4 is 4.90 Å². The molecule has 1 aliphatic rings. The van der Waals surface area contributed by atoms with Gasteiger partial charge in [-0.1, -0.05) is 11.3 Å². The van der Waals surface area contributed by atoms with Gasteiger partial charge in [-0.25, -0.2) is 4.98 Å². The van der Waals surface area contributed by atoms with Gasteiger partial charge >= 0.3 is 0 Å². The molecule has 0 aliphatic carbocycles. The summed E-state index contributed by atoms with van der Waals surface area (Å²) < 4.78 is 10.8. The van der Waals surface area contributed by atoms with Crippen molar-refractivity contribution in [3.8, 4) is 0 Å². The van der Waals surface area contributed by atoms with Crippen molar-refractivity contribution in [3.63, 3.8) is 0 Å². The fourth-order valence-corrected chi connectivity index (χ4v) is 3.22. The molecule has 6 heteroatoms. The Hall–Kier alpha value is -0.980. The lowest BCUT2D eigenvalue weighted by Crippen LogP contribution is -2.39. The van der Waals surface area contributed by atoms with Crippen LogP contribution >= 0.6 is 11.3 Å². The van der Waals surface area contributed by atoms with E-state index in [9.17, 15) is 4.79 Å². The Morgan fingerprint density at radius 3 is 3.11 bits per heavy atom. The molecule has 1 aromatic rings. The van der Waals surface area contributed by atoms with Crippen molar-refractivity contribution in [3.05, 3.63) is 10.6 Å². The fraction of sp³-hybridized carbons (Fsp3) is 0.692. The smallest absolute Gasteiger partial charge is 0.186 e. The molecule has 0 aromatic carbocycles. The van der Waals surface area contributed by atoms with E-state index in [1.807, 2.05) is 6.92 Å². The van der Waals surface area contributed by atoms with Crippen LogP contribution in [0.3, 0.4) is 0 Å². The van der Waals surface area contributed by atoms with Crippen LogP contribution in [0.15, 0.2) is 0 Å². The summed E-state index contributed by atoms with van der Waals surface area (Å²) in [7, 11) is 1.61. The topological polar surface area (TPSA) is 51.7 Å². The molecule has 1 aliphatic heterocycles. The van der Waals surface area contributed by atoms with Crippen LogP contribution in [0.1, 0.15) is 35.1 Å². The number of carbonyl (C=O) groups is 1. The molecule has 1 unspecified atom stereocenters. The normalized spacial score (nSPS) is 19.7. The Bertz CT molecular complexity index is 420. The van der Waals surface area contributed by atoms with E-state index in [4.69, 9.17) is 9.47 Å². The molecule has 0 saturated carbocycles. The zero-order valence-electron chi connectivity index (χ0n) is 11.4. The molecule has 0 N–H and O–H groups in total. The number of rotatable bonds is 6. The van der Waals surface area contributed by atoms with E-state index in [-0.39, 0.29) is 6.10 Å². The fourth-order valence-electron chi connectivity index (χ4n) is 2.30. The van der Waals surface area contributed by atoms with Gasteiger partial charge in [0.1, 0.15) is 0 Å².